The molecule has 0 radical (unpaired) electrons. The molecule has 0 N–H and O–H groups in total. The second kappa shape index (κ2) is 9.90. The zero-order valence-electron chi connectivity index (χ0n) is 11.1. The summed E-state index contributed by atoms with van der Waals surface area (Å²) in [5, 5.41) is 0. The van der Waals surface area contributed by atoms with Gasteiger partial charge in [-0.25, -0.2) is 0 Å². The van der Waals surface area contributed by atoms with Crippen LogP contribution < -0.4 is 0 Å². The second-order valence-electron chi connectivity index (χ2n) is 3.19. The maximum atomic E-state index is 11.9. The monoisotopic (exact) mass is 242 g/mol. The Morgan fingerprint density at radius 2 is 1.25 bits per heavy atom. The van der Waals surface area contributed by atoms with E-state index in [2.05, 4.69) is 0 Å². The van der Waals surface area contributed by atoms with Gasteiger partial charge in [0, 0.05) is 26.2 Å². The maximum absolute atomic E-state index is 11.9. The fourth-order valence-corrected chi connectivity index (χ4v) is 1.26. The van der Waals surface area contributed by atoms with Gasteiger partial charge in [-0.15, -0.1) is 0 Å². The van der Waals surface area contributed by atoms with Gasteiger partial charge < -0.3 is 4.90 Å². The number of halogens is 3. The molecule has 0 aromatic heterocycles. The average Bonchev–Trinajstić information content (AvgIpc) is 2.25. The highest BCUT2D eigenvalue weighted by Gasteiger charge is 2.31. The van der Waals surface area contributed by atoms with Crippen molar-refractivity contribution in [3.8, 4) is 0 Å². The van der Waals surface area contributed by atoms with E-state index in [1.807, 2.05) is 39.6 Å². The van der Waals surface area contributed by atoms with Crippen molar-refractivity contribution < 1.29 is 13.2 Å². The number of piperazine rings is 1. The molecular weight excluding hydrogens is 217 g/mol. The summed E-state index contributed by atoms with van der Waals surface area (Å²) >= 11 is 0. The minimum absolute atomic E-state index is 0.524. The minimum atomic E-state index is -4.05. The fraction of sp³-hybridized carbons (Fsp3) is 1.00. The Bertz CT molecular complexity index is 141. The second-order valence-corrected chi connectivity index (χ2v) is 3.19. The van der Waals surface area contributed by atoms with Crippen molar-refractivity contribution in [3.63, 3.8) is 0 Å². The topological polar surface area (TPSA) is 6.48 Å². The third-order valence-corrected chi connectivity index (χ3v) is 2.00. The maximum Gasteiger partial charge on any atom is 0.401 e. The van der Waals surface area contributed by atoms with E-state index in [-0.39, 0.29) is 0 Å². The van der Waals surface area contributed by atoms with Crippen LogP contribution in [0.3, 0.4) is 0 Å². The molecular formula is C11H25F3N2. The van der Waals surface area contributed by atoms with Crippen LogP contribution in [0.1, 0.15) is 27.7 Å². The molecule has 1 aliphatic heterocycles. The number of hydrogen-bond donors (Lipinski definition) is 0. The molecule has 0 bridgehead atoms. The first-order valence-electron chi connectivity index (χ1n) is 5.95. The lowest BCUT2D eigenvalue weighted by Gasteiger charge is -2.32. The van der Waals surface area contributed by atoms with Crippen molar-refractivity contribution in [1.82, 2.24) is 9.80 Å². The lowest BCUT2D eigenvalue weighted by atomic mass is 10.3. The third kappa shape index (κ3) is 10.2. The Morgan fingerprint density at radius 3 is 1.56 bits per heavy atom. The molecule has 0 aliphatic carbocycles. The predicted octanol–water partition coefficient (Wildman–Crippen LogP) is 2.85. The van der Waals surface area contributed by atoms with Gasteiger partial charge in [-0.05, 0) is 7.05 Å². The van der Waals surface area contributed by atoms with Gasteiger partial charge in [-0.3, -0.25) is 4.90 Å². The number of hydrogen-bond acceptors (Lipinski definition) is 2. The summed E-state index contributed by atoms with van der Waals surface area (Å²) in [6.45, 7) is 9.75. The van der Waals surface area contributed by atoms with E-state index in [4.69, 9.17) is 0 Å². The van der Waals surface area contributed by atoms with Crippen molar-refractivity contribution >= 4 is 0 Å². The fourth-order valence-electron chi connectivity index (χ4n) is 1.26. The average molecular weight is 242 g/mol. The van der Waals surface area contributed by atoms with E-state index in [1.54, 1.807) is 0 Å². The van der Waals surface area contributed by atoms with Crippen LogP contribution in [0.15, 0.2) is 0 Å². The Labute approximate surface area is 97.4 Å². The molecule has 0 amide bonds. The van der Waals surface area contributed by atoms with E-state index in [0.29, 0.717) is 13.1 Å². The normalized spacial score (nSPS) is 18.0. The number of rotatable bonds is 1. The highest BCUT2D eigenvalue weighted by molar-refractivity contribution is 4.71. The first-order valence-corrected chi connectivity index (χ1v) is 5.95. The van der Waals surface area contributed by atoms with Crippen LogP contribution in [-0.2, 0) is 0 Å². The first kappa shape index (κ1) is 18.1. The molecule has 2 nitrogen and oxygen atoms in total. The molecule has 1 aliphatic rings. The van der Waals surface area contributed by atoms with Crippen LogP contribution in [0, 0.1) is 0 Å². The molecule has 0 aromatic carbocycles. The highest BCUT2D eigenvalue weighted by Crippen LogP contribution is 2.16. The quantitative estimate of drug-likeness (QED) is 0.697. The molecule has 16 heavy (non-hydrogen) atoms. The summed E-state index contributed by atoms with van der Waals surface area (Å²) in [5.74, 6) is 0. The third-order valence-electron chi connectivity index (χ3n) is 2.00. The molecule has 0 saturated carbocycles. The first-order chi connectivity index (χ1) is 7.47. The van der Waals surface area contributed by atoms with E-state index < -0.39 is 12.7 Å². The molecule has 0 atom stereocenters. The molecule has 0 unspecified atom stereocenters. The largest absolute Gasteiger partial charge is 0.401 e. The smallest absolute Gasteiger partial charge is 0.304 e. The summed E-state index contributed by atoms with van der Waals surface area (Å²) in [6.07, 6.45) is -4.05. The van der Waals surface area contributed by atoms with Crippen LogP contribution in [-0.4, -0.2) is 55.7 Å². The molecule has 1 fully saturated rings. The summed E-state index contributed by atoms with van der Waals surface area (Å²) in [7, 11) is 1.92. The highest BCUT2D eigenvalue weighted by atomic mass is 19.4. The standard InChI is InChI=1S/C7H13F3N2.2C2H6/c1-11-2-4-12(5-3-11)6-7(8,9)10;2*1-2/h2-6H2,1H3;2*1-2H3. The van der Waals surface area contributed by atoms with Crippen molar-refractivity contribution in [1.29, 1.82) is 0 Å². The minimum Gasteiger partial charge on any atom is -0.304 e. The van der Waals surface area contributed by atoms with Gasteiger partial charge in [-0.2, -0.15) is 13.2 Å². The number of alkyl halides is 3. The Balaban J connectivity index is 0. The Hall–Kier alpha value is -0.290. The van der Waals surface area contributed by atoms with E-state index >= 15 is 0 Å². The number of nitrogens with zero attached hydrogens (tertiary/aromatic N) is 2. The van der Waals surface area contributed by atoms with E-state index in [1.165, 1.54) is 4.90 Å². The number of likely N-dealkylation sites (N-methyl/N-ethyl adjacent to an activating group) is 1. The lowest BCUT2D eigenvalue weighted by Crippen LogP contribution is -2.47. The van der Waals surface area contributed by atoms with Crippen LogP contribution in [0.2, 0.25) is 0 Å². The van der Waals surface area contributed by atoms with Gasteiger partial charge in [0.2, 0.25) is 0 Å². The van der Waals surface area contributed by atoms with Crippen molar-refractivity contribution in [2.45, 2.75) is 33.9 Å². The van der Waals surface area contributed by atoms with Crippen LogP contribution in [0.25, 0.3) is 0 Å². The molecule has 5 heteroatoms. The summed E-state index contributed by atoms with van der Waals surface area (Å²) in [6, 6.07) is 0. The van der Waals surface area contributed by atoms with Crippen LogP contribution in [0.5, 0.6) is 0 Å². The Kier molecular flexibility index (Phi) is 11.2. The molecule has 1 heterocycles. The zero-order valence-corrected chi connectivity index (χ0v) is 11.1. The molecule has 1 rings (SSSR count). The van der Waals surface area contributed by atoms with Gasteiger partial charge in [0.1, 0.15) is 0 Å². The van der Waals surface area contributed by atoms with Crippen molar-refractivity contribution in [3.05, 3.63) is 0 Å². The SMILES string of the molecule is CC.CC.CN1CCN(CC(F)(F)F)CC1. The summed E-state index contributed by atoms with van der Waals surface area (Å²) in [5.41, 5.74) is 0. The van der Waals surface area contributed by atoms with E-state index in [9.17, 15) is 13.2 Å². The van der Waals surface area contributed by atoms with Gasteiger partial charge in [0.05, 0.1) is 6.54 Å². The lowest BCUT2D eigenvalue weighted by molar-refractivity contribution is -0.148. The molecule has 100 valence electrons. The van der Waals surface area contributed by atoms with Gasteiger partial charge >= 0.3 is 6.18 Å². The van der Waals surface area contributed by atoms with E-state index in [0.717, 1.165) is 13.1 Å². The summed E-state index contributed by atoms with van der Waals surface area (Å²) in [4.78, 5) is 3.48. The molecule has 0 spiro atoms. The predicted molar refractivity (Wildman–Crippen MR) is 62.7 cm³/mol. The molecule has 0 aromatic rings. The molecule has 1 saturated heterocycles. The van der Waals surface area contributed by atoms with Gasteiger partial charge in [0.25, 0.3) is 0 Å². The van der Waals surface area contributed by atoms with Crippen molar-refractivity contribution in [2.24, 2.45) is 0 Å². The zero-order chi connectivity index (χ0) is 13.2. The van der Waals surface area contributed by atoms with Crippen LogP contribution >= 0.6 is 0 Å². The van der Waals surface area contributed by atoms with Crippen molar-refractivity contribution in [2.75, 3.05) is 39.8 Å². The summed E-state index contributed by atoms with van der Waals surface area (Å²) < 4.78 is 35.6. The van der Waals surface area contributed by atoms with Gasteiger partial charge in [-0.1, -0.05) is 27.7 Å². The van der Waals surface area contributed by atoms with Crippen LogP contribution in [0.4, 0.5) is 13.2 Å². The Morgan fingerprint density at radius 1 is 0.875 bits per heavy atom. The van der Waals surface area contributed by atoms with Gasteiger partial charge in [0.15, 0.2) is 0 Å².